The summed E-state index contributed by atoms with van der Waals surface area (Å²) < 4.78 is 10.3. The molecular weight excluding hydrogens is 256 g/mol. The van der Waals surface area contributed by atoms with Gasteiger partial charge in [-0.15, -0.1) is 0 Å². The summed E-state index contributed by atoms with van der Waals surface area (Å²) in [6.07, 6.45) is 0. The van der Waals surface area contributed by atoms with Gasteiger partial charge < -0.3 is 20.5 Å². The highest BCUT2D eigenvalue weighted by molar-refractivity contribution is 6.04. The van der Waals surface area contributed by atoms with Crippen molar-refractivity contribution in [3.05, 3.63) is 48.0 Å². The van der Waals surface area contributed by atoms with Crippen LogP contribution in [0.3, 0.4) is 0 Å². The molecule has 0 fully saturated rings. The van der Waals surface area contributed by atoms with Crippen LogP contribution in [0.2, 0.25) is 0 Å². The third-order valence-electron chi connectivity index (χ3n) is 2.76. The third kappa shape index (κ3) is 3.20. The Balaban J connectivity index is 2.23. The van der Waals surface area contributed by atoms with Gasteiger partial charge in [0.05, 0.1) is 14.2 Å². The molecule has 0 radical (unpaired) electrons. The van der Waals surface area contributed by atoms with E-state index < -0.39 is 0 Å². The number of nitrogens with one attached hydrogen (secondary N) is 1. The van der Waals surface area contributed by atoms with Gasteiger partial charge in [0.1, 0.15) is 11.5 Å². The largest absolute Gasteiger partial charge is 0.497 e. The first-order valence-electron chi connectivity index (χ1n) is 6.02. The molecule has 3 N–H and O–H groups in total. The van der Waals surface area contributed by atoms with E-state index in [2.05, 4.69) is 5.32 Å². The fraction of sp³-hybridized carbons (Fsp3) is 0.133. The molecule has 0 aliphatic carbocycles. The van der Waals surface area contributed by atoms with Crippen molar-refractivity contribution in [3.8, 4) is 11.5 Å². The van der Waals surface area contributed by atoms with Gasteiger partial charge in [-0.25, -0.2) is 0 Å². The third-order valence-corrected chi connectivity index (χ3v) is 2.76. The lowest BCUT2D eigenvalue weighted by molar-refractivity contribution is 0.102. The van der Waals surface area contributed by atoms with E-state index in [4.69, 9.17) is 15.2 Å². The highest BCUT2D eigenvalue weighted by Gasteiger charge is 2.08. The zero-order valence-electron chi connectivity index (χ0n) is 11.3. The van der Waals surface area contributed by atoms with Crippen LogP contribution in [-0.4, -0.2) is 20.1 Å². The van der Waals surface area contributed by atoms with Crippen LogP contribution in [0.1, 0.15) is 10.4 Å². The molecule has 0 spiro atoms. The zero-order valence-corrected chi connectivity index (χ0v) is 11.3. The topological polar surface area (TPSA) is 73.6 Å². The van der Waals surface area contributed by atoms with E-state index in [-0.39, 0.29) is 5.91 Å². The summed E-state index contributed by atoms with van der Waals surface area (Å²) in [6, 6.07) is 11.9. The van der Waals surface area contributed by atoms with Crippen molar-refractivity contribution in [2.75, 3.05) is 25.3 Å². The first-order valence-corrected chi connectivity index (χ1v) is 6.02. The van der Waals surface area contributed by atoms with Crippen molar-refractivity contribution in [1.29, 1.82) is 0 Å². The summed E-state index contributed by atoms with van der Waals surface area (Å²) in [7, 11) is 3.11. The molecule has 0 atom stereocenters. The number of hydrogen-bond acceptors (Lipinski definition) is 4. The average molecular weight is 272 g/mol. The molecule has 0 aromatic heterocycles. The highest BCUT2D eigenvalue weighted by Crippen LogP contribution is 2.26. The minimum Gasteiger partial charge on any atom is -0.497 e. The van der Waals surface area contributed by atoms with Crippen molar-refractivity contribution in [3.63, 3.8) is 0 Å². The summed E-state index contributed by atoms with van der Waals surface area (Å²) in [4.78, 5) is 12.1. The molecular formula is C15H16N2O3. The predicted octanol–water partition coefficient (Wildman–Crippen LogP) is 2.54. The number of anilines is 2. The molecule has 2 aromatic rings. The van der Waals surface area contributed by atoms with E-state index in [9.17, 15) is 4.79 Å². The van der Waals surface area contributed by atoms with Gasteiger partial charge in [-0.3, -0.25) is 4.79 Å². The fourth-order valence-corrected chi connectivity index (χ4v) is 1.76. The van der Waals surface area contributed by atoms with E-state index in [0.29, 0.717) is 28.4 Å². The van der Waals surface area contributed by atoms with Crippen LogP contribution in [0.15, 0.2) is 42.5 Å². The molecule has 0 aliphatic rings. The minimum absolute atomic E-state index is 0.243. The van der Waals surface area contributed by atoms with Crippen LogP contribution in [-0.2, 0) is 0 Å². The predicted molar refractivity (Wildman–Crippen MR) is 78.4 cm³/mol. The highest BCUT2D eigenvalue weighted by atomic mass is 16.5. The number of methoxy groups -OCH3 is 2. The number of carbonyl (C=O) groups excluding carboxylic acids is 1. The number of amides is 1. The summed E-state index contributed by atoms with van der Waals surface area (Å²) in [5, 5.41) is 2.78. The number of rotatable bonds is 4. The van der Waals surface area contributed by atoms with Gasteiger partial charge in [0.15, 0.2) is 0 Å². The van der Waals surface area contributed by atoms with Crippen LogP contribution in [0.4, 0.5) is 11.4 Å². The summed E-state index contributed by atoms with van der Waals surface area (Å²) in [5.74, 6) is 0.965. The molecule has 0 heterocycles. The molecule has 2 rings (SSSR count). The molecule has 104 valence electrons. The summed E-state index contributed by atoms with van der Waals surface area (Å²) in [5.41, 5.74) is 7.29. The van der Waals surface area contributed by atoms with Gasteiger partial charge in [0.2, 0.25) is 0 Å². The number of nitrogens with two attached hydrogens (primary N) is 1. The number of ether oxygens (including phenoxy) is 2. The molecule has 0 saturated carbocycles. The Morgan fingerprint density at radius 1 is 1.05 bits per heavy atom. The van der Waals surface area contributed by atoms with Crippen LogP contribution >= 0.6 is 0 Å². The number of nitrogen functional groups attached to an aromatic ring is 1. The molecule has 0 unspecified atom stereocenters. The Morgan fingerprint density at radius 3 is 2.25 bits per heavy atom. The van der Waals surface area contributed by atoms with Crippen molar-refractivity contribution in [2.24, 2.45) is 0 Å². The molecule has 5 heteroatoms. The Kier molecular flexibility index (Phi) is 4.10. The molecule has 20 heavy (non-hydrogen) atoms. The number of hydrogen-bond donors (Lipinski definition) is 2. The maximum absolute atomic E-state index is 12.1. The van der Waals surface area contributed by atoms with Crippen molar-refractivity contribution in [2.45, 2.75) is 0 Å². The molecule has 0 saturated heterocycles. The molecule has 0 aliphatic heterocycles. The van der Waals surface area contributed by atoms with E-state index in [1.165, 1.54) is 0 Å². The Labute approximate surface area is 117 Å². The van der Waals surface area contributed by atoms with Gasteiger partial charge >= 0.3 is 0 Å². The second kappa shape index (κ2) is 5.97. The Hall–Kier alpha value is -2.69. The normalized spacial score (nSPS) is 9.90. The van der Waals surface area contributed by atoms with Gasteiger partial charge in [0.25, 0.3) is 5.91 Å². The SMILES string of the molecule is COc1cc(NC(=O)c2cccc(N)c2)cc(OC)c1. The first-order chi connectivity index (χ1) is 9.62. The Morgan fingerprint density at radius 2 is 1.70 bits per heavy atom. The molecule has 1 amide bonds. The van der Waals surface area contributed by atoms with Crippen LogP contribution in [0.25, 0.3) is 0 Å². The smallest absolute Gasteiger partial charge is 0.255 e. The van der Waals surface area contributed by atoms with Crippen LogP contribution in [0.5, 0.6) is 11.5 Å². The maximum atomic E-state index is 12.1. The van der Waals surface area contributed by atoms with E-state index in [0.717, 1.165) is 0 Å². The zero-order chi connectivity index (χ0) is 14.5. The molecule has 2 aromatic carbocycles. The maximum Gasteiger partial charge on any atom is 0.255 e. The van der Waals surface area contributed by atoms with Crippen molar-refractivity contribution < 1.29 is 14.3 Å². The molecule has 0 bridgehead atoms. The van der Waals surface area contributed by atoms with Crippen molar-refractivity contribution in [1.82, 2.24) is 0 Å². The lowest BCUT2D eigenvalue weighted by Gasteiger charge is -2.10. The summed E-state index contributed by atoms with van der Waals surface area (Å²) in [6.45, 7) is 0. The first kappa shape index (κ1) is 13.7. The number of carbonyl (C=O) groups is 1. The summed E-state index contributed by atoms with van der Waals surface area (Å²) >= 11 is 0. The monoisotopic (exact) mass is 272 g/mol. The standard InChI is InChI=1S/C15H16N2O3/c1-19-13-7-12(8-14(9-13)20-2)17-15(18)10-4-3-5-11(16)6-10/h3-9H,16H2,1-2H3,(H,17,18). The average Bonchev–Trinajstić information content (AvgIpc) is 2.46. The number of benzene rings is 2. The van der Waals surface area contributed by atoms with Gasteiger partial charge in [-0.1, -0.05) is 6.07 Å². The van der Waals surface area contributed by atoms with Crippen molar-refractivity contribution >= 4 is 17.3 Å². The quantitative estimate of drug-likeness (QED) is 0.839. The van der Waals surface area contributed by atoms with E-state index in [1.807, 2.05) is 0 Å². The minimum atomic E-state index is -0.243. The Bertz CT molecular complexity index is 604. The second-order valence-electron chi connectivity index (χ2n) is 4.18. The van der Waals surface area contributed by atoms with Gasteiger partial charge in [-0.2, -0.15) is 0 Å². The lowest BCUT2D eigenvalue weighted by Crippen LogP contribution is -2.12. The van der Waals surface area contributed by atoms with E-state index in [1.54, 1.807) is 56.7 Å². The second-order valence-corrected chi connectivity index (χ2v) is 4.18. The van der Waals surface area contributed by atoms with Crippen LogP contribution in [0, 0.1) is 0 Å². The van der Waals surface area contributed by atoms with Gasteiger partial charge in [0, 0.05) is 35.1 Å². The van der Waals surface area contributed by atoms with Gasteiger partial charge in [-0.05, 0) is 18.2 Å². The lowest BCUT2D eigenvalue weighted by atomic mass is 10.2. The van der Waals surface area contributed by atoms with Crippen LogP contribution < -0.4 is 20.5 Å². The fourth-order valence-electron chi connectivity index (χ4n) is 1.76. The van der Waals surface area contributed by atoms with E-state index >= 15 is 0 Å². The molecule has 5 nitrogen and oxygen atoms in total.